The Balaban J connectivity index is 2.08. The maximum Gasteiger partial charge on any atom is 0.0988 e. The number of hydrogen-bond acceptors (Lipinski definition) is 1. The first-order valence-corrected chi connectivity index (χ1v) is 3.59. The van der Waals surface area contributed by atoms with Crippen molar-refractivity contribution in [3.05, 3.63) is 24.0 Å². The number of ether oxygens (including phenoxy) is 1. The third-order valence-corrected chi connectivity index (χ3v) is 1.86. The highest BCUT2D eigenvalue weighted by Crippen LogP contribution is 2.13. The third-order valence-electron chi connectivity index (χ3n) is 1.86. The van der Waals surface area contributed by atoms with Crippen molar-refractivity contribution in [3.8, 4) is 0 Å². The highest BCUT2D eigenvalue weighted by Gasteiger charge is 2.22. The number of aryl methyl sites for hydroxylation is 1. The van der Waals surface area contributed by atoms with Crippen LogP contribution in [0.3, 0.4) is 0 Å². The molecule has 1 saturated heterocycles. The average molecular weight is 137 g/mol. The molecule has 2 rings (SSSR count). The average Bonchev–Trinajstić information content (AvgIpc) is 2.62. The molecule has 0 amide bonds. The molecule has 1 aliphatic rings. The summed E-state index contributed by atoms with van der Waals surface area (Å²) in [6.07, 6.45) is 2.59. The summed E-state index contributed by atoms with van der Waals surface area (Å²) in [5.74, 6) is 0. The molecule has 0 aliphatic carbocycles. The van der Waals surface area contributed by atoms with Crippen molar-refractivity contribution < 1.29 is 4.74 Å². The van der Waals surface area contributed by atoms with Gasteiger partial charge < -0.3 is 9.30 Å². The van der Waals surface area contributed by atoms with Gasteiger partial charge in [0.15, 0.2) is 0 Å². The molecule has 1 fully saturated rings. The summed E-state index contributed by atoms with van der Waals surface area (Å²) in [6.45, 7) is 4.08. The number of epoxide rings is 1. The highest BCUT2D eigenvalue weighted by molar-refractivity contribution is 5.04. The molecule has 54 valence electrons. The minimum Gasteiger partial charge on any atom is -0.371 e. The van der Waals surface area contributed by atoms with E-state index in [1.54, 1.807) is 0 Å². The van der Waals surface area contributed by atoms with Crippen LogP contribution >= 0.6 is 0 Å². The maximum atomic E-state index is 5.12. The number of hydrogen-bond donors (Lipinski definition) is 0. The molecule has 2 heteroatoms. The molecule has 0 radical (unpaired) electrons. The van der Waals surface area contributed by atoms with E-state index >= 15 is 0 Å². The Morgan fingerprint density at radius 2 is 2.60 bits per heavy atom. The number of nitrogens with zero attached hydrogens (tertiary/aromatic N) is 1. The Hall–Kier alpha value is -0.760. The predicted molar refractivity (Wildman–Crippen MR) is 38.9 cm³/mol. The molecule has 0 saturated carbocycles. The number of rotatable bonds is 2. The third kappa shape index (κ3) is 1.07. The Labute approximate surface area is 60.4 Å². The van der Waals surface area contributed by atoms with Gasteiger partial charge in [0.05, 0.1) is 19.3 Å². The summed E-state index contributed by atoms with van der Waals surface area (Å²) in [5.41, 5.74) is 1.32. The minimum absolute atomic E-state index is 0.492. The van der Waals surface area contributed by atoms with Crippen molar-refractivity contribution in [2.24, 2.45) is 0 Å². The Bertz CT molecular complexity index is 225. The van der Waals surface area contributed by atoms with Crippen LogP contribution in [0.5, 0.6) is 0 Å². The Kier molecular flexibility index (Phi) is 1.27. The van der Waals surface area contributed by atoms with Crippen LogP contribution in [0, 0.1) is 6.92 Å². The van der Waals surface area contributed by atoms with Gasteiger partial charge in [-0.2, -0.15) is 0 Å². The lowest BCUT2D eigenvalue weighted by atomic mass is 10.4. The lowest BCUT2D eigenvalue weighted by molar-refractivity contribution is 0.381. The molecule has 0 bridgehead atoms. The predicted octanol–water partition coefficient (Wildman–Crippen LogP) is 1.20. The molecule has 1 atom stereocenters. The maximum absolute atomic E-state index is 5.12. The van der Waals surface area contributed by atoms with E-state index in [1.165, 1.54) is 5.69 Å². The molecule has 1 aromatic rings. The standard InChI is InChI=1S/C8H11NO/c1-7-3-2-4-9(7)5-8-6-10-8/h2-4,8H,5-6H2,1H3. The second-order valence-electron chi connectivity index (χ2n) is 2.76. The zero-order valence-corrected chi connectivity index (χ0v) is 6.08. The summed E-state index contributed by atoms with van der Waals surface area (Å²) >= 11 is 0. The lowest BCUT2D eigenvalue weighted by Gasteiger charge is -2.00. The van der Waals surface area contributed by atoms with E-state index in [1.807, 2.05) is 0 Å². The van der Waals surface area contributed by atoms with E-state index in [4.69, 9.17) is 4.74 Å². The van der Waals surface area contributed by atoms with Crippen LogP contribution < -0.4 is 0 Å². The monoisotopic (exact) mass is 137 g/mol. The summed E-state index contributed by atoms with van der Waals surface area (Å²) in [7, 11) is 0. The van der Waals surface area contributed by atoms with E-state index in [0.29, 0.717) is 6.10 Å². The fraction of sp³-hybridized carbons (Fsp3) is 0.500. The molecular weight excluding hydrogens is 126 g/mol. The molecule has 2 nitrogen and oxygen atoms in total. The van der Waals surface area contributed by atoms with E-state index < -0.39 is 0 Å². The molecule has 1 aromatic heterocycles. The van der Waals surface area contributed by atoms with E-state index in [-0.39, 0.29) is 0 Å². The van der Waals surface area contributed by atoms with Gasteiger partial charge in [-0.25, -0.2) is 0 Å². The largest absolute Gasteiger partial charge is 0.371 e. The topological polar surface area (TPSA) is 17.5 Å². The van der Waals surface area contributed by atoms with Crippen LogP contribution in [0.4, 0.5) is 0 Å². The summed E-state index contributed by atoms with van der Waals surface area (Å²) in [4.78, 5) is 0. The van der Waals surface area contributed by atoms with Crippen molar-refractivity contribution >= 4 is 0 Å². The molecular formula is C8H11NO. The van der Waals surface area contributed by atoms with Crippen molar-refractivity contribution in [2.75, 3.05) is 6.61 Å². The van der Waals surface area contributed by atoms with Gasteiger partial charge in [0.2, 0.25) is 0 Å². The molecule has 10 heavy (non-hydrogen) atoms. The van der Waals surface area contributed by atoms with Gasteiger partial charge in [-0.3, -0.25) is 0 Å². The van der Waals surface area contributed by atoms with Crippen molar-refractivity contribution in [3.63, 3.8) is 0 Å². The molecule has 2 heterocycles. The molecule has 0 spiro atoms. The Morgan fingerprint density at radius 3 is 3.10 bits per heavy atom. The van der Waals surface area contributed by atoms with Crippen molar-refractivity contribution in [1.82, 2.24) is 4.57 Å². The Morgan fingerprint density at radius 1 is 1.80 bits per heavy atom. The first-order chi connectivity index (χ1) is 4.86. The fourth-order valence-electron chi connectivity index (χ4n) is 1.10. The minimum atomic E-state index is 0.492. The first-order valence-electron chi connectivity index (χ1n) is 3.59. The molecule has 1 aliphatic heterocycles. The van der Waals surface area contributed by atoms with Crippen LogP contribution in [0.25, 0.3) is 0 Å². The second kappa shape index (κ2) is 2.13. The highest BCUT2D eigenvalue weighted by atomic mass is 16.6. The molecule has 0 aromatic carbocycles. The summed E-state index contributed by atoms with van der Waals surface area (Å²) < 4.78 is 7.34. The number of aromatic nitrogens is 1. The van der Waals surface area contributed by atoms with Crippen molar-refractivity contribution in [2.45, 2.75) is 19.6 Å². The zero-order valence-electron chi connectivity index (χ0n) is 6.08. The normalized spacial score (nSPS) is 23.1. The quantitative estimate of drug-likeness (QED) is 0.560. The first kappa shape index (κ1) is 5.98. The van der Waals surface area contributed by atoms with Crippen LogP contribution in [0.15, 0.2) is 18.3 Å². The van der Waals surface area contributed by atoms with Crippen LogP contribution in [0.1, 0.15) is 5.69 Å². The van der Waals surface area contributed by atoms with E-state index in [0.717, 1.165) is 13.2 Å². The van der Waals surface area contributed by atoms with E-state index in [9.17, 15) is 0 Å². The molecule has 0 N–H and O–H groups in total. The second-order valence-corrected chi connectivity index (χ2v) is 2.76. The zero-order chi connectivity index (χ0) is 6.97. The SMILES string of the molecule is Cc1cccn1CC1CO1. The van der Waals surface area contributed by atoms with E-state index in [2.05, 4.69) is 29.8 Å². The van der Waals surface area contributed by atoms with Crippen LogP contribution in [-0.4, -0.2) is 17.3 Å². The van der Waals surface area contributed by atoms with Gasteiger partial charge in [0.25, 0.3) is 0 Å². The van der Waals surface area contributed by atoms with Gasteiger partial charge in [-0.15, -0.1) is 0 Å². The fourth-order valence-corrected chi connectivity index (χ4v) is 1.10. The smallest absolute Gasteiger partial charge is 0.0988 e. The van der Waals surface area contributed by atoms with Crippen LogP contribution in [-0.2, 0) is 11.3 Å². The van der Waals surface area contributed by atoms with Gasteiger partial charge >= 0.3 is 0 Å². The summed E-state index contributed by atoms with van der Waals surface area (Å²) in [5, 5.41) is 0. The lowest BCUT2D eigenvalue weighted by Crippen LogP contribution is -2.03. The van der Waals surface area contributed by atoms with Gasteiger partial charge in [-0.1, -0.05) is 0 Å². The van der Waals surface area contributed by atoms with Gasteiger partial charge in [0, 0.05) is 11.9 Å². The summed E-state index contributed by atoms with van der Waals surface area (Å²) in [6, 6.07) is 4.18. The van der Waals surface area contributed by atoms with Gasteiger partial charge in [-0.05, 0) is 19.1 Å². The van der Waals surface area contributed by atoms with Crippen molar-refractivity contribution in [1.29, 1.82) is 0 Å². The van der Waals surface area contributed by atoms with Gasteiger partial charge in [0.1, 0.15) is 0 Å². The van der Waals surface area contributed by atoms with Crippen LogP contribution in [0.2, 0.25) is 0 Å². The molecule has 1 unspecified atom stereocenters.